The molecule has 1 amide bonds. The van der Waals surface area contributed by atoms with Crippen molar-refractivity contribution in [3.8, 4) is 17.6 Å². The lowest BCUT2D eigenvalue weighted by atomic mass is 10.1. The largest absolute Gasteiger partial charge is 0.490 e. The Balaban J connectivity index is 1.80. The predicted molar refractivity (Wildman–Crippen MR) is 138 cm³/mol. The molecule has 3 aromatic carbocycles. The van der Waals surface area contributed by atoms with Crippen molar-refractivity contribution in [2.75, 3.05) is 19.0 Å². The van der Waals surface area contributed by atoms with Crippen LogP contribution >= 0.6 is 23.2 Å². The molecule has 36 heavy (non-hydrogen) atoms. The van der Waals surface area contributed by atoms with Crippen LogP contribution in [0.5, 0.6) is 11.5 Å². The number of rotatable bonds is 9. The smallest absolute Gasteiger partial charge is 0.337 e. The third-order valence-corrected chi connectivity index (χ3v) is 5.40. The zero-order chi connectivity index (χ0) is 26.1. The lowest BCUT2D eigenvalue weighted by Gasteiger charge is -2.15. The summed E-state index contributed by atoms with van der Waals surface area (Å²) in [4.78, 5) is 24.2. The molecule has 0 radical (unpaired) electrons. The normalized spacial score (nSPS) is 10.8. The summed E-state index contributed by atoms with van der Waals surface area (Å²) in [6, 6.07) is 18.4. The summed E-state index contributed by atoms with van der Waals surface area (Å²) >= 11 is 12.4. The number of esters is 1. The van der Waals surface area contributed by atoms with E-state index in [9.17, 15) is 14.9 Å². The highest BCUT2D eigenvalue weighted by Crippen LogP contribution is 2.38. The Bertz CT molecular complexity index is 1310. The fourth-order valence-corrected chi connectivity index (χ4v) is 3.53. The molecule has 0 aliphatic carbocycles. The Hall–Kier alpha value is -3.99. The van der Waals surface area contributed by atoms with E-state index in [1.807, 2.05) is 25.1 Å². The molecule has 9 heteroatoms. The Kier molecular flexibility index (Phi) is 9.34. The Morgan fingerprint density at radius 1 is 1.03 bits per heavy atom. The fourth-order valence-electron chi connectivity index (χ4n) is 3.13. The van der Waals surface area contributed by atoms with E-state index in [1.54, 1.807) is 24.3 Å². The molecule has 0 unspecified atom stereocenters. The monoisotopic (exact) mass is 524 g/mol. The number of nitrogens with one attached hydrogen (secondary N) is 1. The summed E-state index contributed by atoms with van der Waals surface area (Å²) in [6.07, 6.45) is 1.40. The fraction of sp³-hybridized carbons (Fsp3) is 0.148. The van der Waals surface area contributed by atoms with E-state index in [-0.39, 0.29) is 17.2 Å². The summed E-state index contributed by atoms with van der Waals surface area (Å²) in [7, 11) is 1.28. The molecule has 0 aliphatic heterocycles. The number of methoxy groups -OCH3 is 1. The van der Waals surface area contributed by atoms with Gasteiger partial charge in [0.05, 0.1) is 24.3 Å². The van der Waals surface area contributed by atoms with Crippen LogP contribution in [0.15, 0.2) is 66.2 Å². The summed E-state index contributed by atoms with van der Waals surface area (Å²) in [5.74, 6) is -0.394. The van der Waals surface area contributed by atoms with Crippen LogP contribution < -0.4 is 14.8 Å². The summed E-state index contributed by atoms with van der Waals surface area (Å²) in [5, 5.41) is 13.1. The SMILES string of the molecule is CCOc1cc(/C=C(\C#N)C(=O)Nc2ccc(C(=O)OC)cc2)cc(Cl)c1OCc1ccc(Cl)cc1. The van der Waals surface area contributed by atoms with Gasteiger partial charge >= 0.3 is 5.97 Å². The molecule has 3 aromatic rings. The first-order valence-electron chi connectivity index (χ1n) is 10.8. The molecule has 3 rings (SSSR count). The molecular weight excluding hydrogens is 503 g/mol. The minimum absolute atomic E-state index is 0.152. The highest BCUT2D eigenvalue weighted by atomic mass is 35.5. The van der Waals surface area contributed by atoms with E-state index in [1.165, 1.54) is 37.5 Å². The molecule has 0 fully saturated rings. The first-order valence-corrected chi connectivity index (χ1v) is 11.5. The van der Waals surface area contributed by atoms with E-state index >= 15 is 0 Å². The number of halogens is 2. The van der Waals surface area contributed by atoms with Crippen molar-refractivity contribution in [3.05, 3.63) is 93.0 Å². The molecule has 1 N–H and O–H groups in total. The number of benzene rings is 3. The molecular formula is C27H22Cl2N2O5. The van der Waals surface area contributed by atoms with Gasteiger partial charge in [-0.25, -0.2) is 4.79 Å². The van der Waals surface area contributed by atoms with E-state index in [4.69, 9.17) is 32.7 Å². The van der Waals surface area contributed by atoms with Crippen LogP contribution in [-0.4, -0.2) is 25.6 Å². The van der Waals surface area contributed by atoms with E-state index in [2.05, 4.69) is 10.1 Å². The first-order chi connectivity index (χ1) is 17.3. The van der Waals surface area contributed by atoms with Crippen molar-refractivity contribution >= 4 is 46.8 Å². The maximum atomic E-state index is 12.7. The van der Waals surface area contributed by atoms with Crippen molar-refractivity contribution in [1.29, 1.82) is 5.26 Å². The second-order valence-corrected chi connectivity index (χ2v) is 8.21. The van der Waals surface area contributed by atoms with Crippen LogP contribution in [0.3, 0.4) is 0 Å². The number of hydrogen-bond donors (Lipinski definition) is 1. The van der Waals surface area contributed by atoms with Gasteiger partial charge in [-0.2, -0.15) is 5.26 Å². The molecule has 0 aliphatic rings. The van der Waals surface area contributed by atoms with Crippen LogP contribution in [0.4, 0.5) is 5.69 Å². The van der Waals surface area contributed by atoms with Gasteiger partial charge in [0.25, 0.3) is 5.91 Å². The topological polar surface area (TPSA) is 97.7 Å². The summed E-state index contributed by atoms with van der Waals surface area (Å²) in [5.41, 5.74) is 1.97. The Labute approximate surface area is 218 Å². The van der Waals surface area contributed by atoms with Crippen molar-refractivity contribution in [1.82, 2.24) is 0 Å². The van der Waals surface area contributed by atoms with Gasteiger partial charge in [-0.1, -0.05) is 35.3 Å². The highest BCUT2D eigenvalue weighted by molar-refractivity contribution is 6.32. The van der Waals surface area contributed by atoms with E-state index < -0.39 is 11.9 Å². The second kappa shape index (κ2) is 12.6. The minimum Gasteiger partial charge on any atom is -0.490 e. The van der Waals surface area contributed by atoms with Gasteiger partial charge in [-0.05, 0) is 72.7 Å². The van der Waals surface area contributed by atoms with Gasteiger partial charge in [0, 0.05) is 10.7 Å². The van der Waals surface area contributed by atoms with Crippen LogP contribution in [0, 0.1) is 11.3 Å². The Morgan fingerprint density at radius 2 is 1.72 bits per heavy atom. The number of carbonyl (C=O) groups is 2. The number of amides is 1. The maximum Gasteiger partial charge on any atom is 0.337 e. The summed E-state index contributed by atoms with van der Waals surface area (Å²) in [6.45, 7) is 2.42. The van der Waals surface area contributed by atoms with Gasteiger partial charge in [0.2, 0.25) is 0 Å². The standard InChI is InChI=1S/C27H22Cl2N2O5/c1-3-35-24-14-18(13-23(29)25(24)36-16-17-4-8-21(28)9-5-17)12-20(15-30)26(32)31-22-10-6-19(7-11-22)27(33)34-2/h4-14H,3,16H2,1-2H3,(H,31,32)/b20-12+. The number of nitriles is 1. The number of hydrogen-bond acceptors (Lipinski definition) is 6. The third kappa shape index (κ3) is 7.01. The quantitative estimate of drug-likeness (QED) is 0.200. The first kappa shape index (κ1) is 26.6. The van der Waals surface area contributed by atoms with Gasteiger partial charge in [0.1, 0.15) is 18.2 Å². The molecule has 0 aromatic heterocycles. The van der Waals surface area contributed by atoms with Crippen LogP contribution in [0.25, 0.3) is 6.08 Å². The molecule has 0 saturated carbocycles. The zero-order valence-electron chi connectivity index (χ0n) is 19.5. The molecule has 0 bridgehead atoms. The van der Waals surface area contributed by atoms with Crippen LogP contribution in [0.2, 0.25) is 10.0 Å². The van der Waals surface area contributed by atoms with Crippen molar-refractivity contribution < 1.29 is 23.8 Å². The molecule has 0 saturated heterocycles. The average Bonchev–Trinajstić information content (AvgIpc) is 2.88. The second-order valence-electron chi connectivity index (χ2n) is 7.37. The minimum atomic E-state index is -0.625. The van der Waals surface area contributed by atoms with Gasteiger partial charge < -0.3 is 19.5 Å². The maximum absolute atomic E-state index is 12.7. The molecule has 184 valence electrons. The highest BCUT2D eigenvalue weighted by Gasteiger charge is 2.15. The van der Waals surface area contributed by atoms with Crippen molar-refractivity contribution in [2.45, 2.75) is 13.5 Å². The third-order valence-electron chi connectivity index (χ3n) is 4.87. The lowest BCUT2D eigenvalue weighted by Crippen LogP contribution is -2.13. The van der Waals surface area contributed by atoms with Crippen LogP contribution in [-0.2, 0) is 16.1 Å². The number of carbonyl (C=O) groups excluding carboxylic acids is 2. The van der Waals surface area contributed by atoms with Gasteiger partial charge in [0.15, 0.2) is 11.5 Å². The summed E-state index contributed by atoms with van der Waals surface area (Å²) < 4.78 is 16.2. The predicted octanol–water partition coefficient (Wildman–Crippen LogP) is 6.30. The van der Waals surface area contributed by atoms with E-state index in [0.29, 0.717) is 39.9 Å². The molecule has 0 spiro atoms. The molecule has 0 atom stereocenters. The molecule has 7 nitrogen and oxygen atoms in total. The molecule has 0 heterocycles. The van der Waals surface area contributed by atoms with Crippen LogP contribution in [0.1, 0.15) is 28.4 Å². The number of nitrogens with zero attached hydrogens (tertiary/aromatic N) is 1. The zero-order valence-corrected chi connectivity index (χ0v) is 21.0. The van der Waals surface area contributed by atoms with Crippen molar-refractivity contribution in [2.24, 2.45) is 0 Å². The van der Waals surface area contributed by atoms with Gasteiger partial charge in [-0.3, -0.25) is 4.79 Å². The average molecular weight is 525 g/mol. The Morgan fingerprint density at radius 3 is 2.33 bits per heavy atom. The lowest BCUT2D eigenvalue weighted by molar-refractivity contribution is -0.112. The van der Waals surface area contributed by atoms with Gasteiger partial charge in [-0.15, -0.1) is 0 Å². The number of ether oxygens (including phenoxy) is 3. The number of anilines is 1. The van der Waals surface area contributed by atoms with Crippen molar-refractivity contribution in [3.63, 3.8) is 0 Å². The van der Waals surface area contributed by atoms with E-state index in [0.717, 1.165) is 5.56 Å².